The lowest BCUT2D eigenvalue weighted by atomic mass is 9.58. The van der Waals surface area contributed by atoms with Gasteiger partial charge in [0, 0.05) is 6.04 Å². The molecule has 0 spiro atoms. The van der Waals surface area contributed by atoms with Crippen LogP contribution in [0.1, 0.15) is 51.5 Å². The highest BCUT2D eigenvalue weighted by Gasteiger charge is 2.44. The van der Waals surface area contributed by atoms with Crippen molar-refractivity contribution in [1.82, 2.24) is 15.3 Å². The number of nitrogens with zero attached hydrogens (tertiary/aromatic N) is 1. The molecule has 2 aromatic rings. The Hall–Kier alpha value is -1.36. The maximum absolute atomic E-state index is 12.5. The van der Waals surface area contributed by atoms with Crippen LogP contribution in [0.5, 0.6) is 0 Å². The fourth-order valence-electron chi connectivity index (χ4n) is 3.68. The Kier molecular flexibility index (Phi) is 3.79. The third-order valence-corrected chi connectivity index (χ3v) is 6.93. The summed E-state index contributed by atoms with van der Waals surface area (Å²) in [5, 5.41) is 3.24. The fourth-order valence-corrected chi connectivity index (χ4v) is 4.35. The van der Waals surface area contributed by atoms with E-state index in [-0.39, 0.29) is 11.9 Å². The number of hydrogen-bond acceptors (Lipinski definition) is 3. The van der Waals surface area contributed by atoms with Crippen LogP contribution < -0.4 is 5.32 Å². The zero-order valence-electron chi connectivity index (χ0n) is 13.9. The van der Waals surface area contributed by atoms with Gasteiger partial charge in [-0.15, -0.1) is 11.3 Å². The summed E-state index contributed by atoms with van der Waals surface area (Å²) in [5.41, 5.74) is 3.53. The van der Waals surface area contributed by atoms with Gasteiger partial charge in [-0.25, -0.2) is 4.98 Å². The molecule has 1 saturated carbocycles. The van der Waals surface area contributed by atoms with E-state index in [9.17, 15) is 4.79 Å². The van der Waals surface area contributed by atoms with Crippen molar-refractivity contribution in [2.45, 2.75) is 47.1 Å². The Balaban J connectivity index is 1.75. The van der Waals surface area contributed by atoms with Crippen molar-refractivity contribution in [3.8, 4) is 0 Å². The van der Waals surface area contributed by atoms with Gasteiger partial charge in [-0.05, 0) is 35.7 Å². The molecule has 5 heteroatoms. The van der Waals surface area contributed by atoms with E-state index in [0.717, 1.165) is 16.8 Å². The number of carbonyl (C=O) groups excluding carboxylic acids is 1. The van der Waals surface area contributed by atoms with Gasteiger partial charge in [-0.2, -0.15) is 0 Å². The number of rotatable bonds is 2. The Bertz CT molecular complexity index is 658. The fraction of sp³-hybridized carbons (Fsp3) is 0.647. The largest absolute Gasteiger partial charge is 0.348 e. The van der Waals surface area contributed by atoms with Crippen LogP contribution in [-0.2, 0) is 0 Å². The van der Waals surface area contributed by atoms with E-state index in [4.69, 9.17) is 0 Å². The number of H-pyrrole nitrogens is 1. The molecule has 1 fully saturated rings. The van der Waals surface area contributed by atoms with Gasteiger partial charge in [0.1, 0.15) is 11.3 Å². The van der Waals surface area contributed by atoms with E-state index >= 15 is 0 Å². The average Bonchev–Trinajstić information content (AvgIpc) is 3.04. The lowest BCUT2D eigenvalue weighted by Crippen LogP contribution is -2.52. The third kappa shape index (κ3) is 2.45. The number of amides is 1. The SMILES string of the molecule is C[C@@H]1[C@@H](NC(=O)c2cc3scnc3[nH]2)C[C@@H](C)C(C)(C)[C@H]1C. The molecule has 0 aromatic carbocycles. The minimum absolute atomic E-state index is 0.0128. The second kappa shape index (κ2) is 5.37. The molecule has 1 aliphatic carbocycles. The molecular weight excluding hydrogens is 294 g/mol. The van der Waals surface area contributed by atoms with Crippen LogP contribution in [0.25, 0.3) is 10.3 Å². The molecular formula is C17H25N3OS. The van der Waals surface area contributed by atoms with Gasteiger partial charge >= 0.3 is 0 Å². The van der Waals surface area contributed by atoms with Gasteiger partial charge < -0.3 is 10.3 Å². The van der Waals surface area contributed by atoms with Gasteiger partial charge in [0.2, 0.25) is 0 Å². The minimum atomic E-state index is -0.0128. The van der Waals surface area contributed by atoms with Crippen molar-refractivity contribution in [3.05, 3.63) is 17.3 Å². The van der Waals surface area contributed by atoms with Gasteiger partial charge in [-0.1, -0.05) is 34.6 Å². The Labute approximate surface area is 135 Å². The summed E-state index contributed by atoms with van der Waals surface area (Å²) in [7, 11) is 0. The van der Waals surface area contributed by atoms with Crippen molar-refractivity contribution < 1.29 is 4.79 Å². The summed E-state index contributed by atoms with van der Waals surface area (Å²) in [6, 6.07) is 2.13. The standard InChI is InChI=1S/C17H25N3OS/c1-9-6-12(10(2)11(3)17(9,4)5)20-16(21)13-7-14-15(19-13)18-8-22-14/h7-12,19H,6H2,1-5H3,(H,20,21)/t9-,10+,11+,12+/m1/s1. The molecule has 0 aliphatic heterocycles. The first kappa shape index (κ1) is 15.5. The highest BCUT2D eigenvalue weighted by Crippen LogP contribution is 2.47. The molecule has 2 aromatic heterocycles. The van der Waals surface area contributed by atoms with E-state index in [1.165, 1.54) is 0 Å². The van der Waals surface area contributed by atoms with Crippen molar-refractivity contribution in [2.75, 3.05) is 0 Å². The Morgan fingerprint density at radius 3 is 2.82 bits per heavy atom. The summed E-state index contributed by atoms with van der Waals surface area (Å²) in [6.45, 7) is 11.6. The third-order valence-electron chi connectivity index (χ3n) is 6.16. The molecule has 2 N–H and O–H groups in total. The van der Waals surface area contributed by atoms with E-state index in [1.807, 2.05) is 6.07 Å². The lowest BCUT2D eigenvalue weighted by Gasteiger charge is -2.49. The zero-order chi connectivity index (χ0) is 16.1. The Morgan fingerprint density at radius 1 is 1.41 bits per heavy atom. The number of hydrogen-bond donors (Lipinski definition) is 2. The molecule has 4 nitrogen and oxygen atoms in total. The molecule has 22 heavy (non-hydrogen) atoms. The first-order valence-corrected chi connectivity index (χ1v) is 8.91. The molecule has 0 unspecified atom stereocenters. The maximum atomic E-state index is 12.5. The van der Waals surface area contributed by atoms with Crippen LogP contribution in [0, 0.1) is 23.2 Å². The smallest absolute Gasteiger partial charge is 0.268 e. The topological polar surface area (TPSA) is 57.8 Å². The summed E-state index contributed by atoms with van der Waals surface area (Å²) < 4.78 is 1.03. The molecule has 0 saturated heterocycles. The second-order valence-electron chi connectivity index (χ2n) is 7.43. The number of nitrogens with one attached hydrogen (secondary N) is 2. The van der Waals surface area contributed by atoms with Gasteiger partial charge in [0.15, 0.2) is 0 Å². The minimum Gasteiger partial charge on any atom is -0.348 e. The zero-order valence-corrected chi connectivity index (χ0v) is 14.8. The lowest BCUT2D eigenvalue weighted by molar-refractivity contribution is 0.0155. The van der Waals surface area contributed by atoms with E-state index < -0.39 is 0 Å². The van der Waals surface area contributed by atoms with Gasteiger partial charge in [0.05, 0.1) is 10.2 Å². The van der Waals surface area contributed by atoms with Crippen LogP contribution in [0.15, 0.2) is 11.6 Å². The van der Waals surface area contributed by atoms with E-state index in [1.54, 1.807) is 16.8 Å². The number of fused-ring (bicyclic) bond motifs is 1. The number of thiazole rings is 1. The van der Waals surface area contributed by atoms with Gasteiger partial charge in [-0.3, -0.25) is 4.79 Å². The highest BCUT2D eigenvalue weighted by atomic mass is 32.1. The summed E-state index contributed by atoms with van der Waals surface area (Å²) in [6.07, 6.45) is 1.04. The molecule has 2 heterocycles. The molecule has 4 atom stereocenters. The van der Waals surface area contributed by atoms with Crippen LogP contribution in [0.2, 0.25) is 0 Å². The quantitative estimate of drug-likeness (QED) is 0.877. The molecule has 3 rings (SSSR count). The Morgan fingerprint density at radius 2 is 2.14 bits per heavy atom. The molecule has 120 valence electrons. The molecule has 0 bridgehead atoms. The van der Waals surface area contributed by atoms with E-state index in [2.05, 4.69) is 49.9 Å². The van der Waals surface area contributed by atoms with Crippen LogP contribution in [0.4, 0.5) is 0 Å². The van der Waals surface area contributed by atoms with Crippen LogP contribution >= 0.6 is 11.3 Å². The maximum Gasteiger partial charge on any atom is 0.268 e. The first-order chi connectivity index (χ1) is 10.3. The van der Waals surface area contributed by atoms with Crippen LogP contribution in [-0.4, -0.2) is 21.9 Å². The average molecular weight is 319 g/mol. The predicted octanol–water partition coefficient (Wildman–Crippen LogP) is 4.06. The second-order valence-corrected chi connectivity index (χ2v) is 8.32. The normalized spacial score (nSPS) is 31.3. The number of aromatic nitrogens is 2. The monoisotopic (exact) mass is 319 g/mol. The van der Waals surface area contributed by atoms with Crippen molar-refractivity contribution in [1.29, 1.82) is 0 Å². The number of carbonyl (C=O) groups is 1. The van der Waals surface area contributed by atoms with Crippen LogP contribution in [0.3, 0.4) is 0 Å². The van der Waals surface area contributed by atoms with Gasteiger partial charge in [0.25, 0.3) is 5.91 Å². The van der Waals surface area contributed by atoms with Crippen molar-refractivity contribution in [2.24, 2.45) is 23.2 Å². The van der Waals surface area contributed by atoms with Crippen molar-refractivity contribution >= 4 is 27.6 Å². The number of aromatic amines is 1. The van der Waals surface area contributed by atoms with Crippen molar-refractivity contribution in [3.63, 3.8) is 0 Å². The summed E-state index contributed by atoms with van der Waals surface area (Å²) in [5.74, 6) is 1.64. The summed E-state index contributed by atoms with van der Waals surface area (Å²) in [4.78, 5) is 19.9. The van der Waals surface area contributed by atoms with E-state index in [0.29, 0.717) is 28.9 Å². The summed E-state index contributed by atoms with van der Waals surface area (Å²) >= 11 is 1.55. The molecule has 1 amide bonds. The molecule has 0 radical (unpaired) electrons. The predicted molar refractivity (Wildman–Crippen MR) is 91.1 cm³/mol. The highest BCUT2D eigenvalue weighted by molar-refractivity contribution is 7.16. The molecule has 1 aliphatic rings. The first-order valence-electron chi connectivity index (χ1n) is 8.03.